The maximum Gasteiger partial charge on any atom is 0.146 e. The zero-order chi connectivity index (χ0) is 14.7. The Balaban J connectivity index is 2.96. The van der Waals surface area contributed by atoms with Gasteiger partial charge in [0.25, 0.3) is 0 Å². The van der Waals surface area contributed by atoms with Crippen LogP contribution in [-0.2, 0) is 9.47 Å². The molecule has 0 unspecified atom stereocenters. The van der Waals surface area contributed by atoms with Gasteiger partial charge in [0, 0.05) is 13.2 Å². The molecule has 0 aliphatic rings. The SMILES string of the molecule is CCCCCCCCCCOCOCC/C=C/CCO. The first kappa shape index (κ1) is 19.6. The minimum atomic E-state index is 0.221. The number of rotatable bonds is 16. The quantitative estimate of drug-likeness (QED) is 0.259. The molecule has 20 heavy (non-hydrogen) atoms. The first-order chi connectivity index (χ1) is 9.91. The van der Waals surface area contributed by atoms with E-state index in [-0.39, 0.29) is 6.61 Å². The van der Waals surface area contributed by atoms with E-state index in [1.807, 2.05) is 12.2 Å². The fourth-order valence-corrected chi connectivity index (χ4v) is 1.98. The average molecular weight is 286 g/mol. The van der Waals surface area contributed by atoms with Gasteiger partial charge in [0.1, 0.15) is 6.79 Å². The Kier molecular flexibility index (Phi) is 18.3. The number of ether oxygens (including phenoxy) is 2. The molecule has 0 amide bonds. The van der Waals surface area contributed by atoms with Crippen molar-refractivity contribution in [3.63, 3.8) is 0 Å². The molecule has 0 aliphatic carbocycles. The summed E-state index contributed by atoms with van der Waals surface area (Å²) in [7, 11) is 0. The summed E-state index contributed by atoms with van der Waals surface area (Å²) in [5.74, 6) is 0. The fourth-order valence-electron chi connectivity index (χ4n) is 1.98. The highest BCUT2D eigenvalue weighted by Crippen LogP contribution is 2.08. The molecule has 0 heterocycles. The molecular formula is C17H34O3. The van der Waals surface area contributed by atoms with Gasteiger partial charge in [-0.15, -0.1) is 0 Å². The van der Waals surface area contributed by atoms with E-state index in [9.17, 15) is 0 Å². The minimum absolute atomic E-state index is 0.221. The molecule has 0 radical (unpaired) electrons. The predicted molar refractivity (Wildman–Crippen MR) is 84.8 cm³/mol. The lowest BCUT2D eigenvalue weighted by atomic mass is 10.1. The Morgan fingerprint density at radius 1 is 0.750 bits per heavy atom. The van der Waals surface area contributed by atoms with Crippen molar-refractivity contribution in [3.8, 4) is 0 Å². The van der Waals surface area contributed by atoms with Crippen molar-refractivity contribution < 1.29 is 14.6 Å². The van der Waals surface area contributed by atoms with Crippen molar-refractivity contribution in [3.05, 3.63) is 12.2 Å². The van der Waals surface area contributed by atoms with Crippen LogP contribution in [0.1, 0.15) is 71.1 Å². The second kappa shape index (κ2) is 18.6. The molecule has 3 heteroatoms. The molecule has 0 aromatic rings. The highest BCUT2D eigenvalue weighted by molar-refractivity contribution is 4.80. The van der Waals surface area contributed by atoms with Gasteiger partial charge in [0.2, 0.25) is 0 Å². The fraction of sp³-hybridized carbons (Fsp3) is 0.882. The number of hydrogen-bond donors (Lipinski definition) is 1. The highest BCUT2D eigenvalue weighted by atomic mass is 16.7. The highest BCUT2D eigenvalue weighted by Gasteiger charge is 1.92. The molecule has 0 aliphatic heterocycles. The molecular weight excluding hydrogens is 252 g/mol. The van der Waals surface area contributed by atoms with E-state index in [4.69, 9.17) is 14.6 Å². The zero-order valence-electron chi connectivity index (χ0n) is 13.3. The van der Waals surface area contributed by atoms with Gasteiger partial charge in [0.05, 0.1) is 6.61 Å². The third kappa shape index (κ3) is 17.6. The van der Waals surface area contributed by atoms with Gasteiger partial charge < -0.3 is 14.6 Å². The van der Waals surface area contributed by atoms with Gasteiger partial charge in [0.15, 0.2) is 0 Å². The van der Waals surface area contributed by atoms with Crippen LogP contribution in [0.4, 0.5) is 0 Å². The van der Waals surface area contributed by atoms with Crippen molar-refractivity contribution in [1.82, 2.24) is 0 Å². The lowest BCUT2D eigenvalue weighted by Crippen LogP contribution is -2.02. The van der Waals surface area contributed by atoms with Gasteiger partial charge in [-0.05, 0) is 19.3 Å². The van der Waals surface area contributed by atoms with Crippen molar-refractivity contribution in [2.75, 3.05) is 26.6 Å². The summed E-state index contributed by atoms with van der Waals surface area (Å²) in [4.78, 5) is 0. The van der Waals surface area contributed by atoms with Gasteiger partial charge in [-0.1, -0.05) is 64.0 Å². The molecule has 3 nitrogen and oxygen atoms in total. The number of hydrogen-bond acceptors (Lipinski definition) is 3. The maximum absolute atomic E-state index is 8.58. The van der Waals surface area contributed by atoms with E-state index in [0.29, 0.717) is 13.4 Å². The van der Waals surface area contributed by atoms with Crippen LogP contribution in [0.25, 0.3) is 0 Å². The largest absolute Gasteiger partial charge is 0.396 e. The lowest BCUT2D eigenvalue weighted by Gasteiger charge is -2.05. The summed E-state index contributed by atoms with van der Waals surface area (Å²) in [6.45, 7) is 4.39. The Morgan fingerprint density at radius 3 is 2.05 bits per heavy atom. The van der Waals surface area contributed by atoms with Crippen molar-refractivity contribution in [1.29, 1.82) is 0 Å². The monoisotopic (exact) mass is 286 g/mol. The smallest absolute Gasteiger partial charge is 0.146 e. The Labute approximate surface area is 125 Å². The number of aliphatic hydroxyl groups excluding tert-OH is 1. The molecule has 1 N–H and O–H groups in total. The van der Waals surface area contributed by atoms with Crippen molar-refractivity contribution in [2.24, 2.45) is 0 Å². The summed E-state index contributed by atoms with van der Waals surface area (Å²) in [5, 5.41) is 8.58. The molecule has 0 aromatic heterocycles. The first-order valence-electron chi connectivity index (χ1n) is 8.33. The van der Waals surface area contributed by atoms with Crippen LogP contribution in [0.2, 0.25) is 0 Å². The number of aliphatic hydroxyl groups is 1. The van der Waals surface area contributed by atoms with Gasteiger partial charge >= 0.3 is 0 Å². The molecule has 120 valence electrons. The predicted octanol–water partition coefficient (Wildman–Crippen LogP) is 4.45. The van der Waals surface area contributed by atoms with E-state index < -0.39 is 0 Å². The summed E-state index contributed by atoms with van der Waals surface area (Å²) in [5.41, 5.74) is 0. The van der Waals surface area contributed by atoms with Crippen LogP contribution in [0.15, 0.2) is 12.2 Å². The van der Waals surface area contributed by atoms with E-state index in [0.717, 1.165) is 25.9 Å². The molecule has 0 aromatic carbocycles. The third-order valence-electron chi connectivity index (χ3n) is 3.20. The van der Waals surface area contributed by atoms with Crippen molar-refractivity contribution >= 4 is 0 Å². The number of unbranched alkanes of at least 4 members (excludes halogenated alkanes) is 7. The first-order valence-corrected chi connectivity index (χ1v) is 8.33. The van der Waals surface area contributed by atoms with Crippen LogP contribution in [0.3, 0.4) is 0 Å². The normalized spacial score (nSPS) is 11.5. The van der Waals surface area contributed by atoms with Crippen LogP contribution >= 0.6 is 0 Å². The molecule has 0 rings (SSSR count). The zero-order valence-corrected chi connectivity index (χ0v) is 13.3. The van der Waals surface area contributed by atoms with Gasteiger partial charge in [-0.25, -0.2) is 0 Å². The summed E-state index contributed by atoms with van der Waals surface area (Å²) in [6, 6.07) is 0. The topological polar surface area (TPSA) is 38.7 Å². The molecule has 0 saturated heterocycles. The summed E-state index contributed by atoms with van der Waals surface area (Å²) < 4.78 is 10.8. The molecule has 0 bridgehead atoms. The van der Waals surface area contributed by atoms with Crippen molar-refractivity contribution in [2.45, 2.75) is 71.1 Å². The molecule has 0 saturated carbocycles. The van der Waals surface area contributed by atoms with Crippen LogP contribution in [-0.4, -0.2) is 31.7 Å². The Morgan fingerprint density at radius 2 is 1.35 bits per heavy atom. The lowest BCUT2D eigenvalue weighted by molar-refractivity contribution is -0.0531. The summed E-state index contributed by atoms with van der Waals surface area (Å²) in [6.07, 6.45) is 16.3. The van der Waals surface area contributed by atoms with Crippen LogP contribution in [0.5, 0.6) is 0 Å². The molecule has 0 spiro atoms. The van der Waals surface area contributed by atoms with E-state index in [1.165, 1.54) is 44.9 Å². The van der Waals surface area contributed by atoms with E-state index in [1.54, 1.807) is 0 Å². The third-order valence-corrected chi connectivity index (χ3v) is 3.20. The molecule has 0 atom stereocenters. The second-order valence-corrected chi connectivity index (χ2v) is 5.18. The van der Waals surface area contributed by atoms with Crippen LogP contribution < -0.4 is 0 Å². The second-order valence-electron chi connectivity index (χ2n) is 5.18. The Hall–Kier alpha value is -0.380. The minimum Gasteiger partial charge on any atom is -0.396 e. The standard InChI is InChI=1S/C17H34O3/c1-2-3-4-5-6-7-9-12-15-19-17-20-16-13-10-8-11-14-18/h8,10,18H,2-7,9,11-17H2,1H3/b10-8+. The summed E-state index contributed by atoms with van der Waals surface area (Å²) >= 11 is 0. The average Bonchev–Trinajstić information content (AvgIpc) is 2.47. The van der Waals surface area contributed by atoms with E-state index in [2.05, 4.69) is 6.92 Å². The Bertz CT molecular complexity index is 193. The molecule has 0 fully saturated rings. The van der Waals surface area contributed by atoms with E-state index >= 15 is 0 Å². The van der Waals surface area contributed by atoms with Crippen LogP contribution in [0, 0.1) is 0 Å². The van der Waals surface area contributed by atoms with Gasteiger partial charge in [-0.3, -0.25) is 0 Å². The maximum atomic E-state index is 8.58. The van der Waals surface area contributed by atoms with Gasteiger partial charge in [-0.2, -0.15) is 0 Å².